The van der Waals surface area contributed by atoms with Crippen molar-refractivity contribution < 1.29 is 23.5 Å². The third kappa shape index (κ3) is 3.65. The SMILES string of the molecule is CCOC(=O)[C@H]1C(=O)C2=C(C[C@@H]1c1ccccc1)NC(=O)C[C@H]2c1ccc(F)cc1. The molecule has 6 heteroatoms. The number of amides is 1. The third-order valence-corrected chi connectivity index (χ3v) is 5.77. The van der Waals surface area contributed by atoms with Crippen LogP contribution in [0.3, 0.4) is 0 Å². The molecule has 0 fully saturated rings. The van der Waals surface area contributed by atoms with Gasteiger partial charge in [-0.2, -0.15) is 0 Å². The van der Waals surface area contributed by atoms with Crippen LogP contribution in [0.25, 0.3) is 0 Å². The molecule has 2 aromatic rings. The average molecular weight is 407 g/mol. The van der Waals surface area contributed by atoms with Gasteiger partial charge in [-0.15, -0.1) is 0 Å². The first kappa shape index (κ1) is 20.0. The van der Waals surface area contributed by atoms with Crippen LogP contribution in [0.4, 0.5) is 4.39 Å². The summed E-state index contributed by atoms with van der Waals surface area (Å²) in [7, 11) is 0. The van der Waals surface area contributed by atoms with Crippen LogP contribution in [0.1, 0.15) is 42.7 Å². The number of hydrogen-bond donors (Lipinski definition) is 1. The Labute approximate surface area is 173 Å². The van der Waals surface area contributed by atoms with E-state index < -0.39 is 29.5 Å². The summed E-state index contributed by atoms with van der Waals surface area (Å²) in [4.78, 5) is 38.9. The Kier molecular flexibility index (Phi) is 5.48. The predicted molar refractivity (Wildman–Crippen MR) is 108 cm³/mol. The zero-order valence-corrected chi connectivity index (χ0v) is 16.6. The van der Waals surface area contributed by atoms with Crippen molar-refractivity contribution in [2.75, 3.05) is 6.61 Å². The Morgan fingerprint density at radius 2 is 1.73 bits per heavy atom. The number of carbonyl (C=O) groups excluding carboxylic acids is 3. The lowest BCUT2D eigenvalue weighted by Gasteiger charge is -2.38. The number of carbonyl (C=O) groups is 3. The number of hydrogen-bond acceptors (Lipinski definition) is 4. The number of nitrogens with one attached hydrogen (secondary N) is 1. The lowest BCUT2D eigenvalue weighted by molar-refractivity contribution is -0.152. The van der Waals surface area contributed by atoms with Gasteiger partial charge in [0, 0.05) is 29.5 Å². The Balaban J connectivity index is 1.81. The number of Topliss-reactive ketones (excluding diaryl/α,β-unsaturated/α-hetero) is 1. The van der Waals surface area contributed by atoms with E-state index in [1.807, 2.05) is 30.3 Å². The molecule has 3 atom stereocenters. The minimum absolute atomic E-state index is 0.0712. The fraction of sp³-hybridized carbons (Fsp3) is 0.292. The third-order valence-electron chi connectivity index (χ3n) is 5.77. The first-order valence-electron chi connectivity index (χ1n) is 10.0. The molecule has 1 amide bonds. The monoisotopic (exact) mass is 407 g/mol. The molecule has 0 saturated heterocycles. The van der Waals surface area contributed by atoms with Crippen LogP contribution in [0.15, 0.2) is 65.9 Å². The van der Waals surface area contributed by atoms with Gasteiger partial charge in [0.1, 0.15) is 11.7 Å². The number of benzene rings is 2. The first-order valence-corrected chi connectivity index (χ1v) is 10.0. The minimum Gasteiger partial charge on any atom is -0.465 e. The molecule has 1 heterocycles. The van der Waals surface area contributed by atoms with Crippen LogP contribution in [-0.2, 0) is 19.1 Å². The van der Waals surface area contributed by atoms with Crippen molar-refractivity contribution in [1.29, 1.82) is 0 Å². The molecule has 1 aliphatic carbocycles. The van der Waals surface area contributed by atoms with Crippen molar-refractivity contribution in [1.82, 2.24) is 5.32 Å². The Hall–Kier alpha value is -3.28. The molecule has 30 heavy (non-hydrogen) atoms. The molecular formula is C24H22FNO4. The molecule has 0 radical (unpaired) electrons. The number of halogens is 1. The van der Waals surface area contributed by atoms with Crippen LogP contribution in [0.5, 0.6) is 0 Å². The van der Waals surface area contributed by atoms with Gasteiger partial charge in [-0.1, -0.05) is 42.5 Å². The zero-order valence-electron chi connectivity index (χ0n) is 16.6. The van der Waals surface area contributed by atoms with Crippen molar-refractivity contribution in [3.63, 3.8) is 0 Å². The second-order valence-corrected chi connectivity index (χ2v) is 7.56. The van der Waals surface area contributed by atoms with Gasteiger partial charge < -0.3 is 10.1 Å². The molecule has 0 unspecified atom stereocenters. The molecule has 1 aliphatic heterocycles. The van der Waals surface area contributed by atoms with Crippen molar-refractivity contribution in [3.05, 3.63) is 82.8 Å². The van der Waals surface area contributed by atoms with E-state index in [4.69, 9.17) is 4.74 Å². The number of rotatable bonds is 4. The Morgan fingerprint density at radius 1 is 1.03 bits per heavy atom. The maximum absolute atomic E-state index is 13.6. The number of allylic oxidation sites excluding steroid dienone is 2. The summed E-state index contributed by atoms with van der Waals surface area (Å²) in [6, 6.07) is 15.1. The predicted octanol–water partition coefficient (Wildman–Crippen LogP) is 3.62. The Bertz CT molecular complexity index is 1010. The zero-order chi connectivity index (χ0) is 21.3. The molecule has 0 bridgehead atoms. The van der Waals surface area contributed by atoms with E-state index in [9.17, 15) is 18.8 Å². The van der Waals surface area contributed by atoms with E-state index in [1.54, 1.807) is 19.1 Å². The molecule has 4 rings (SSSR count). The molecule has 0 aromatic heterocycles. The van der Waals surface area contributed by atoms with Gasteiger partial charge in [0.15, 0.2) is 5.78 Å². The molecule has 0 spiro atoms. The highest BCUT2D eigenvalue weighted by molar-refractivity contribution is 6.12. The number of esters is 1. The molecule has 5 nitrogen and oxygen atoms in total. The highest BCUT2D eigenvalue weighted by Crippen LogP contribution is 2.45. The molecule has 2 aromatic carbocycles. The Morgan fingerprint density at radius 3 is 2.40 bits per heavy atom. The summed E-state index contributed by atoms with van der Waals surface area (Å²) in [6.07, 6.45) is 0.416. The van der Waals surface area contributed by atoms with Gasteiger partial charge in [-0.25, -0.2) is 4.39 Å². The van der Waals surface area contributed by atoms with E-state index in [0.717, 1.165) is 5.56 Å². The fourth-order valence-corrected chi connectivity index (χ4v) is 4.45. The molecular weight excluding hydrogens is 385 g/mol. The van der Waals surface area contributed by atoms with E-state index in [1.165, 1.54) is 12.1 Å². The normalized spacial score (nSPS) is 23.6. The van der Waals surface area contributed by atoms with Gasteiger partial charge >= 0.3 is 5.97 Å². The van der Waals surface area contributed by atoms with E-state index in [0.29, 0.717) is 23.3 Å². The summed E-state index contributed by atoms with van der Waals surface area (Å²) in [6.45, 7) is 1.88. The van der Waals surface area contributed by atoms with E-state index >= 15 is 0 Å². The average Bonchev–Trinajstić information content (AvgIpc) is 2.74. The van der Waals surface area contributed by atoms with Crippen molar-refractivity contribution in [2.45, 2.75) is 31.6 Å². The summed E-state index contributed by atoms with van der Waals surface area (Å²) in [5.74, 6) is -3.41. The van der Waals surface area contributed by atoms with Gasteiger partial charge in [-0.05, 0) is 36.6 Å². The van der Waals surface area contributed by atoms with Crippen LogP contribution >= 0.6 is 0 Å². The largest absolute Gasteiger partial charge is 0.465 e. The van der Waals surface area contributed by atoms with Gasteiger partial charge in [-0.3, -0.25) is 14.4 Å². The van der Waals surface area contributed by atoms with Crippen LogP contribution in [-0.4, -0.2) is 24.3 Å². The highest BCUT2D eigenvalue weighted by Gasteiger charge is 2.47. The lowest BCUT2D eigenvalue weighted by atomic mass is 9.68. The lowest BCUT2D eigenvalue weighted by Crippen LogP contribution is -2.44. The van der Waals surface area contributed by atoms with Crippen molar-refractivity contribution in [2.24, 2.45) is 5.92 Å². The van der Waals surface area contributed by atoms with Gasteiger partial charge in [0.05, 0.1) is 6.61 Å². The summed E-state index contributed by atoms with van der Waals surface area (Å²) < 4.78 is 18.7. The topological polar surface area (TPSA) is 72.5 Å². The smallest absolute Gasteiger partial charge is 0.317 e. The van der Waals surface area contributed by atoms with Gasteiger partial charge in [0.2, 0.25) is 5.91 Å². The molecule has 2 aliphatic rings. The summed E-state index contributed by atoms with van der Waals surface area (Å²) in [5, 5.41) is 2.84. The van der Waals surface area contributed by atoms with Crippen LogP contribution in [0, 0.1) is 11.7 Å². The van der Waals surface area contributed by atoms with Crippen molar-refractivity contribution in [3.8, 4) is 0 Å². The van der Waals surface area contributed by atoms with Crippen LogP contribution < -0.4 is 5.32 Å². The van der Waals surface area contributed by atoms with Crippen molar-refractivity contribution >= 4 is 17.7 Å². The second-order valence-electron chi connectivity index (χ2n) is 7.56. The van der Waals surface area contributed by atoms with E-state index in [-0.39, 0.29) is 24.7 Å². The molecule has 0 saturated carbocycles. The summed E-state index contributed by atoms with van der Waals surface area (Å²) in [5.41, 5.74) is 2.48. The number of ketones is 1. The van der Waals surface area contributed by atoms with Crippen LogP contribution in [0.2, 0.25) is 0 Å². The minimum atomic E-state index is -0.982. The number of ether oxygens (including phenoxy) is 1. The summed E-state index contributed by atoms with van der Waals surface area (Å²) >= 11 is 0. The fourth-order valence-electron chi connectivity index (χ4n) is 4.45. The van der Waals surface area contributed by atoms with E-state index in [2.05, 4.69) is 5.32 Å². The molecule has 154 valence electrons. The maximum atomic E-state index is 13.6. The quantitative estimate of drug-likeness (QED) is 0.621. The molecule has 1 N–H and O–H groups in total. The van der Waals surface area contributed by atoms with Gasteiger partial charge in [0.25, 0.3) is 0 Å². The maximum Gasteiger partial charge on any atom is 0.317 e. The first-order chi connectivity index (χ1) is 14.5. The highest BCUT2D eigenvalue weighted by atomic mass is 19.1. The standard InChI is InChI=1S/C24H22FNO4/c1-2-30-24(29)22-17(14-6-4-3-5-7-14)12-19-21(23(22)28)18(13-20(27)26-19)15-8-10-16(25)11-9-15/h3-11,17-18,22H,2,12-13H2,1H3,(H,26,27)/t17-,18+,22-/m1/s1. The second kappa shape index (κ2) is 8.22.